The van der Waals surface area contributed by atoms with Crippen molar-refractivity contribution in [3.63, 3.8) is 0 Å². The number of nitrogens with zero attached hydrogens (tertiary/aromatic N) is 2. The zero-order valence-corrected chi connectivity index (χ0v) is 20.9. The number of hydrogen-bond donors (Lipinski definition) is 0. The molecule has 0 bridgehead atoms. The Morgan fingerprint density at radius 1 is 1.00 bits per heavy atom. The van der Waals surface area contributed by atoms with Crippen molar-refractivity contribution in [3.05, 3.63) is 77.6 Å². The Kier molecular flexibility index (Phi) is 7.41. The summed E-state index contributed by atoms with van der Waals surface area (Å²) in [4.78, 5) is 43.3. The summed E-state index contributed by atoms with van der Waals surface area (Å²) in [7, 11) is 0. The number of amides is 1. The number of carbonyl (C=O) groups excluding carboxylic acids is 3. The number of halogens is 4. The highest BCUT2D eigenvalue weighted by Crippen LogP contribution is 2.40. The van der Waals surface area contributed by atoms with Gasteiger partial charge in [-0.15, -0.1) is 0 Å². The molecule has 0 radical (unpaired) electrons. The molecule has 2 saturated heterocycles. The summed E-state index contributed by atoms with van der Waals surface area (Å²) in [6, 6.07) is 10.1. The lowest BCUT2D eigenvalue weighted by Crippen LogP contribution is -2.54. The summed E-state index contributed by atoms with van der Waals surface area (Å²) >= 11 is 0. The highest BCUT2D eigenvalue weighted by atomic mass is 19.4. The van der Waals surface area contributed by atoms with E-state index in [1.54, 1.807) is 0 Å². The van der Waals surface area contributed by atoms with Crippen molar-refractivity contribution < 1.29 is 51.0 Å². The maximum absolute atomic E-state index is 13.5. The van der Waals surface area contributed by atoms with Crippen molar-refractivity contribution in [1.82, 2.24) is 9.96 Å². The molecular weight excluding hydrogens is 540 g/mol. The third-order valence-electron chi connectivity index (χ3n) is 7.00. The number of likely N-dealkylation sites (tertiary alicyclic amines) is 1. The zero-order valence-electron chi connectivity index (χ0n) is 20.9. The van der Waals surface area contributed by atoms with Crippen molar-refractivity contribution in [2.24, 2.45) is 0 Å². The second-order valence-electron chi connectivity index (χ2n) is 9.61. The third kappa shape index (κ3) is 5.88. The van der Waals surface area contributed by atoms with Gasteiger partial charge in [0.25, 0.3) is 6.23 Å². The molecule has 9 nitrogen and oxygen atoms in total. The lowest BCUT2D eigenvalue weighted by molar-refractivity contribution is -0.222. The van der Waals surface area contributed by atoms with Crippen LogP contribution in [0.25, 0.3) is 0 Å². The number of carbonyl (C=O) groups is 3. The van der Waals surface area contributed by atoms with E-state index >= 15 is 0 Å². The summed E-state index contributed by atoms with van der Waals surface area (Å²) in [6.45, 7) is 1.24. The van der Waals surface area contributed by atoms with Crippen LogP contribution in [0.1, 0.15) is 36.5 Å². The van der Waals surface area contributed by atoms with E-state index in [9.17, 15) is 31.9 Å². The number of ether oxygens (including phenoxy) is 3. The van der Waals surface area contributed by atoms with Crippen molar-refractivity contribution in [2.45, 2.75) is 43.4 Å². The van der Waals surface area contributed by atoms with E-state index in [1.807, 2.05) is 4.90 Å². The normalized spacial score (nSPS) is 22.4. The number of hydroxylamine groups is 2. The minimum atomic E-state index is -4.53. The fraction of sp³-hybridized carbons (Fsp3) is 0.370. The maximum Gasteiger partial charge on any atom is 0.447 e. The molecule has 212 valence electrons. The maximum atomic E-state index is 13.5. The van der Waals surface area contributed by atoms with Gasteiger partial charge in [-0.2, -0.15) is 13.2 Å². The first kappa shape index (κ1) is 27.4. The quantitative estimate of drug-likeness (QED) is 0.373. The van der Waals surface area contributed by atoms with Crippen LogP contribution in [0, 0.1) is 5.82 Å². The first-order valence-electron chi connectivity index (χ1n) is 12.5. The van der Waals surface area contributed by atoms with Crippen LogP contribution in [0.2, 0.25) is 0 Å². The number of esters is 1. The van der Waals surface area contributed by atoms with Crippen molar-refractivity contribution >= 4 is 18.0 Å². The fourth-order valence-corrected chi connectivity index (χ4v) is 4.92. The number of piperidine rings is 1. The van der Waals surface area contributed by atoms with Gasteiger partial charge >= 0.3 is 24.2 Å². The van der Waals surface area contributed by atoms with Crippen LogP contribution < -0.4 is 4.74 Å². The Morgan fingerprint density at radius 2 is 1.70 bits per heavy atom. The molecule has 13 heteroatoms. The summed E-state index contributed by atoms with van der Waals surface area (Å²) < 4.78 is 70.0. The molecule has 0 N–H and O–H groups in total. The van der Waals surface area contributed by atoms with Gasteiger partial charge < -0.3 is 23.9 Å². The average molecular weight is 564 g/mol. The van der Waals surface area contributed by atoms with Gasteiger partial charge in [0, 0.05) is 51.0 Å². The summed E-state index contributed by atoms with van der Waals surface area (Å²) in [6.07, 6.45) is -4.80. The Morgan fingerprint density at radius 3 is 2.40 bits per heavy atom. The van der Waals surface area contributed by atoms with Gasteiger partial charge in [0.05, 0.1) is 5.56 Å². The molecule has 3 heterocycles. The second-order valence-corrected chi connectivity index (χ2v) is 9.61. The summed E-state index contributed by atoms with van der Waals surface area (Å²) in [5, 5.41) is 0.632. The minimum Gasteiger partial charge on any atom is -0.486 e. The SMILES string of the molecule is O=C1/C=C/C(=O)ON2C(=O)OC3(CCN(CCC(Oc4cccc(C(F)(F)F)c4)c4ccc(F)cc4)CC3)C2O1. The second kappa shape index (κ2) is 10.8. The van der Waals surface area contributed by atoms with Crippen molar-refractivity contribution in [1.29, 1.82) is 0 Å². The monoisotopic (exact) mass is 564 g/mol. The Labute approximate surface area is 225 Å². The molecule has 0 aromatic heterocycles. The van der Waals surface area contributed by atoms with Gasteiger partial charge in [-0.1, -0.05) is 23.3 Å². The first-order chi connectivity index (χ1) is 19.0. The number of alkyl halides is 3. The van der Waals surface area contributed by atoms with Crippen LogP contribution in [0.3, 0.4) is 0 Å². The van der Waals surface area contributed by atoms with E-state index in [4.69, 9.17) is 19.0 Å². The lowest BCUT2D eigenvalue weighted by atomic mass is 9.89. The summed E-state index contributed by atoms with van der Waals surface area (Å²) in [5.41, 5.74) is -1.48. The molecule has 0 saturated carbocycles. The van der Waals surface area contributed by atoms with Crippen LogP contribution in [0.5, 0.6) is 5.75 Å². The number of fused-ring (bicyclic) bond motifs is 2. The standard InChI is InChI=1S/C27H24F4N2O7/c28-19-6-4-17(5-7-19)21(37-20-3-1-2-18(16-20)27(29,30)31)10-13-32-14-11-26(12-15-32)24-33(25(36)39-26)40-23(35)9-8-22(34)38-24/h1-9,16,21,24H,10-15H2/b9-8+. The Bertz CT molecular complexity index is 1310. The van der Waals surface area contributed by atoms with Gasteiger partial charge in [0.1, 0.15) is 17.7 Å². The molecule has 1 amide bonds. The minimum absolute atomic E-state index is 0.0226. The largest absolute Gasteiger partial charge is 0.486 e. The average Bonchev–Trinajstić information content (AvgIpc) is 3.14. The van der Waals surface area contributed by atoms with Crippen molar-refractivity contribution in [3.8, 4) is 5.75 Å². The van der Waals surface area contributed by atoms with Crippen LogP contribution in [-0.2, 0) is 30.1 Å². The van der Waals surface area contributed by atoms with Gasteiger partial charge in [-0.05, 0) is 35.9 Å². The molecule has 2 fully saturated rings. The molecule has 2 unspecified atom stereocenters. The van der Waals surface area contributed by atoms with E-state index in [2.05, 4.69) is 0 Å². The third-order valence-corrected chi connectivity index (χ3v) is 7.00. The van der Waals surface area contributed by atoms with E-state index in [0.717, 1.165) is 24.3 Å². The van der Waals surface area contributed by atoms with Crippen LogP contribution >= 0.6 is 0 Å². The molecule has 0 aliphatic carbocycles. The van der Waals surface area contributed by atoms with E-state index < -0.39 is 53.5 Å². The van der Waals surface area contributed by atoms with Crippen LogP contribution in [-0.4, -0.2) is 59.5 Å². The van der Waals surface area contributed by atoms with Crippen molar-refractivity contribution in [2.75, 3.05) is 19.6 Å². The predicted octanol–water partition coefficient (Wildman–Crippen LogP) is 4.54. The zero-order chi connectivity index (χ0) is 28.5. The highest BCUT2D eigenvalue weighted by Gasteiger charge is 2.59. The Hall–Kier alpha value is -4.13. The number of rotatable bonds is 6. The molecule has 1 spiro atoms. The molecule has 5 rings (SSSR count). The molecule has 2 aromatic rings. The van der Waals surface area contributed by atoms with Gasteiger partial charge in [-0.3, -0.25) is 0 Å². The topological polar surface area (TPSA) is 94.6 Å². The van der Waals surface area contributed by atoms with Crippen LogP contribution in [0.4, 0.5) is 22.4 Å². The molecular formula is C27H24F4N2O7. The number of benzene rings is 2. The molecule has 40 heavy (non-hydrogen) atoms. The smallest absolute Gasteiger partial charge is 0.447 e. The van der Waals surface area contributed by atoms with Crippen LogP contribution in [0.15, 0.2) is 60.7 Å². The van der Waals surface area contributed by atoms with Gasteiger partial charge in [-0.25, -0.2) is 18.8 Å². The van der Waals surface area contributed by atoms with Gasteiger partial charge in [0.2, 0.25) is 0 Å². The summed E-state index contributed by atoms with van der Waals surface area (Å²) in [5.74, 6) is -2.17. The number of hydrogen-bond acceptors (Lipinski definition) is 8. The van der Waals surface area contributed by atoms with E-state index in [1.165, 1.54) is 36.4 Å². The van der Waals surface area contributed by atoms with E-state index in [0.29, 0.717) is 36.7 Å². The Balaban J connectivity index is 1.26. The molecule has 3 aliphatic rings. The lowest BCUT2D eigenvalue weighted by Gasteiger charge is -2.40. The molecule has 2 atom stereocenters. The molecule has 2 aromatic carbocycles. The molecule has 3 aliphatic heterocycles. The van der Waals surface area contributed by atoms with Gasteiger partial charge in [0.15, 0.2) is 5.60 Å². The van der Waals surface area contributed by atoms with E-state index in [-0.39, 0.29) is 18.6 Å². The predicted molar refractivity (Wildman–Crippen MR) is 128 cm³/mol. The fourth-order valence-electron chi connectivity index (χ4n) is 4.92. The first-order valence-corrected chi connectivity index (χ1v) is 12.5. The highest BCUT2D eigenvalue weighted by molar-refractivity contribution is 5.93.